The molecule has 0 radical (unpaired) electrons. The molecule has 2 heterocycles. The number of rotatable bonds is 7. The molecule has 0 aliphatic rings. The first kappa shape index (κ1) is 18.9. The summed E-state index contributed by atoms with van der Waals surface area (Å²) in [4.78, 5) is 21.2. The lowest BCUT2D eigenvalue weighted by Crippen LogP contribution is -2.14. The number of H-pyrrole nitrogens is 1. The Labute approximate surface area is 172 Å². The zero-order valence-corrected chi connectivity index (χ0v) is 16.7. The van der Waals surface area contributed by atoms with E-state index in [1.165, 1.54) is 6.33 Å². The number of nitrogens with one attached hydrogen (secondary N) is 3. The lowest BCUT2D eigenvalue weighted by molar-refractivity contribution is 0.102. The third kappa shape index (κ3) is 4.38. The Bertz CT molecular complexity index is 1140. The van der Waals surface area contributed by atoms with Gasteiger partial charge in [0.2, 0.25) is 0 Å². The third-order valence-corrected chi connectivity index (χ3v) is 5.39. The van der Waals surface area contributed by atoms with Crippen LogP contribution in [0.25, 0.3) is 11.0 Å². The summed E-state index contributed by atoms with van der Waals surface area (Å²) in [7, 11) is 0. The van der Waals surface area contributed by atoms with Crippen molar-refractivity contribution < 1.29 is 4.79 Å². The second-order valence-electron chi connectivity index (χ2n) is 6.33. The van der Waals surface area contributed by atoms with Crippen molar-refractivity contribution in [1.82, 2.24) is 20.2 Å². The first-order chi connectivity index (χ1) is 14.2. The molecule has 4 rings (SSSR count). The van der Waals surface area contributed by atoms with E-state index in [2.05, 4.69) is 30.8 Å². The van der Waals surface area contributed by atoms with Crippen LogP contribution in [0.3, 0.4) is 0 Å². The highest BCUT2D eigenvalue weighted by atomic mass is 32.2. The highest BCUT2D eigenvalue weighted by Gasteiger charge is 2.11. The van der Waals surface area contributed by atoms with Crippen molar-refractivity contribution in [3.63, 3.8) is 0 Å². The van der Waals surface area contributed by atoms with Crippen LogP contribution >= 0.6 is 11.8 Å². The minimum Gasteiger partial charge on any atom is -0.385 e. The quantitative estimate of drug-likeness (QED) is 0.313. The maximum atomic E-state index is 12.7. The second kappa shape index (κ2) is 8.74. The Morgan fingerprint density at radius 3 is 2.93 bits per heavy atom. The number of fused-ring (bicyclic) bond motifs is 1. The van der Waals surface area contributed by atoms with E-state index in [1.54, 1.807) is 18.0 Å². The second-order valence-corrected chi connectivity index (χ2v) is 7.29. The molecule has 7 nitrogen and oxygen atoms in total. The van der Waals surface area contributed by atoms with Gasteiger partial charge in [0.1, 0.15) is 11.4 Å². The smallest absolute Gasteiger partial charge is 0.257 e. The molecule has 1 amide bonds. The highest BCUT2D eigenvalue weighted by Crippen LogP contribution is 2.27. The van der Waals surface area contributed by atoms with E-state index in [0.717, 1.165) is 45.3 Å². The number of hydrogen-bond donors (Lipinski definition) is 3. The van der Waals surface area contributed by atoms with Crippen molar-refractivity contribution in [2.75, 3.05) is 17.2 Å². The van der Waals surface area contributed by atoms with Crippen LogP contribution in [0.15, 0.2) is 66.1 Å². The molecule has 0 saturated carbocycles. The predicted molar refractivity (Wildman–Crippen MR) is 116 cm³/mol. The van der Waals surface area contributed by atoms with Crippen molar-refractivity contribution in [3.05, 3.63) is 72.2 Å². The summed E-state index contributed by atoms with van der Waals surface area (Å²) in [6, 6.07) is 15.3. The molecule has 2 aromatic heterocycles. The maximum Gasteiger partial charge on any atom is 0.257 e. The molecule has 0 atom stereocenters. The van der Waals surface area contributed by atoms with Crippen molar-refractivity contribution in [2.45, 2.75) is 17.7 Å². The van der Waals surface area contributed by atoms with Gasteiger partial charge in [-0.2, -0.15) is 5.10 Å². The van der Waals surface area contributed by atoms with Crippen LogP contribution in [0.5, 0.6) is 0 Å². The van der Waals surface area contributed by atoms with E-state index < -0.39 is 0 Å². The molecule has 2 aromatic carbocycles. The van der Waals surface area contributed by atoms with Crippen LogP contribution in [0, 0.1) is 0 Å². The SMILES string of the molecule is CCNc1ccccc1C(=O)Nc1cccc(CSc2ncnc3[nH]ncc23)c1. The van der Waals surface area contributed by atoms with Crippen LogP contribution in [0.4, 0.5) is 11.4 Å². The van der Waals surface area contributed by atoms with Gasteiger partial charge < -0.3 is 10.6 Å². The summed E-state index contributed by atoms with van der Waals surface area (Å²) >= 11 is 1.61. The fraction of sp³-hybridized carbons (Fsp3) is 0.143. The summed E-state index contributed by atoms with van der Waals surface area (Å²) < 4.78 is 0. The minimum absolute atomic E-state index is 0.137. The van der Waals surface area contributed by atoms with Crippen molar-refractivity contribution in [3.8, 4) is 0 Å². The number of amides is 1. The number of benzene rings is 2. The Morgan fingerprint density at radius 1 is 1.14 bits per heavy atom. The Kier molecular flexibility index (Phi) is 5.71. The van der Waals surface area contributed by atoms with Crippen LogP contribution in [0.1, 0.15) is 22.8 Å². The lowest BCUT2D eigenvalue weighted by Gasteiger charge is -2.11. The van der Waals surface area contributed by atoms with Gasteiger partial charge in [0.05, 0.1) is 17.1 Å². The lowest BCUT2D eigenvalue weighted by atomic mass is 10.1. The molecule has 146 valence electrons. The number of hydrogen-bond acceptors (Lipinski definition) is 6. The number of aromatic nitrogens is 4. The number of carbonyl (C=O) groups excluding carboxylic acids is 1. The molecule has 4 aromatic rings. The first-order valence-corrected chi connectivity index (χ1v) is 10.2. The fourth-order valence-corrected chi connectivity index (χ4v) is 3.88. The van der Waals surface area contributed by atoms with Gasteiger partial charge in [0.15, 0.2) is 5.65 Å². The molecule has 0 aliphatic carbocycles. The van der Waals surface area contributed by atoms with E-state index in [1.807, 2.05) is 55.5 Å². The van der Waals surface area contributed by atoms with E-state index in [0.29, 0.717) is 5.56 Å². The molecule has 0 spiro atoms. The monoisotopic (exact) mass is 404 g/mol. The molecular weight excluding hydrogens is 384 g/mol. The summed E-state index contributed by atoms with van der Waals surface area (Å²) in [5.74, 6) is 0.580. The fourth-order valence-electron chi connectivity index (χ4n) is 2.97. The third-order valence-electron chi connectivity index (χ3n) is 4.31. The molecule has 3 N–H and O–H groups in total. The van der Waals surface area contributed by atoms with Gasteiger partial charge in [-0.3, -0.25) is 9.89 Å². The topological polar surface area (TPSA) is 95.6 Å². The number of aromatic amines is 1. The van der Waals surface area contributed by atoms with Gasteiger partial charge in [-0.25, -0.2) is 9.97 Å². The number of anilines is 2. The average Bonchev–Trinajstić information content (AvgIpc) is 3.23. The van der Waals surface area contributed by atoms with Gasteiger partial charge in [0, 0.05) is 23.7 Å². The summed E-state index contributed by atoms with van der Waals surface area (Å²) in [5, 5.41) is 14.9. The standard InChI is InChI=1S/C21H20N6OS/c1-2-22-18-9-4-3-8-16(18)20(28)26-15-7-5-6-14(10-15)12-29-21-17-11-25-27-19(17)23-13-24-21/h3-11,13,22H,2,12H2,1H3,(H,26,28)(H,23,24,25,27). The average molecular weight is 404 g/mol. The van der Waals surface area contributed by atoms with Crippen molar-refractivity contribution >= 4 is 40.1 Å². The summed E-state index contributed by atoms with van der Waals surface area (Å²) in [5.41, 5.74) is 4.02. The molecule has 0 bridgehead atoms. The van der Waals surface area contributed by atoms with E-state index in [-0.39, 0.29) is 5.91 Å². The molecule has 0 aliphatic heterocycles. The zero-order chi connectivity index (χ0) is 20.1. The normalized spacial score (nSPS) is 10.8. The number of nitrogens with zero attached hydrogens (tertiary/aromatic N) is 3. The van der Waals surface area contributed by atoms with Crippen LogP contribution in [-0.4, -0.2) is 32.6 Å². The highest BCUT2D eigenvalue weighted by molar-refractivity contribution is 7.98. The Balaban J connectivity index is 1.46. The summed E-state index contributed by atoms with van der Waals surface area (Å²) in [6.45, 7) is 2.76. The first-order valence-electron chi connectivity index (χ1n) is 9.24. The van der Waals surface area contributed by atoms with Crippen LogP contribution < -0.4 is 10.6 Å². The van der Waals surface area contributed by atoms with E-state index >= 15 is 0 Å². The summed E-state index contributed by atoms with van der Waals surface area (Å²) in [6.07, 6.45) is 3.26. The van der Waals surface area contributed by atoms with Gasteiger partial charge >= 0.3 is 0 Å². The number of thioether (sulfide) groups is 1. The van der Waals surface area contributed by atoms with E-state index in [9.17, 15) is 4.79 Å². The Morgan fingerprint density at radius 2 is 2.03 bits per heavy atom. The van der Waals surface area contributed by atoms with Crippen molar-refractivity contribution in [1.29, 1.82) is 0 Å². The molecular formula is C21H20N6OS. The van der Waals surface area contributed by atoms with Gasteiger partial charge in [0.25, 0.3) is 5.91 Å². The van der Waals surface area contributed by atoms with Gasteiger partial charge in [-0.05, 0) is 36.8 Å². The molecule has 29 heavy (non-hydrogen) atoms. The van der Waals surface area contributed by atoms with Gasteiger partial charge in [-0.15, -0.1) is 11.8 Å². The van der Waals surface area contributed by atoms with Gasteiger partial charge in [-0.1, -0.05) is 24.3 Å². The Hall–Kier alpha value is -3.39. The largest absolute Gasteiger partial charge is 0.385 e. The van der Waals surface area contributed by atoms with Crippen molar-refractivity contribution in [2.24, 2.45) is 0 Å². The predicted octanol–water partition coefficient (Wildman–Crippen LogP) is 4.33. The molecule has 0 unspecified atom stereocenters. The van der Waals surface area contributed by atoms with Crippen LogP contribution in [-0.2, 0) is 5.75 Å². The zero-order valence-electron chi connectivity index (χ0n) is 15.8. The molecule has 0 fully saturated rings. The number of para-hydroxylation sites is 1. The molecule has 8 heteroatoms. The van der Waals surface area contributed by atoms with Crippen LogP contribution in [0.2, 0.25) is 0 Å². The maximum absolute atomic E-state index is 12.7. The minimum atomic E-state index is -0.137. The molecule has 0 saturated heterocycles. The van der Waals surface area contributed by atoms with E-state index in [4.69, 9.17) is 0 Å². The number of carbonyl (C=O) groups is 1.